The van der Waals surface area contributed by atoms with Crippen LogP contribution in [-0.2, 0) is 11.8 Å². The second-order valence-electron chi connectivity index (χ2n) is 8.64. The average Bonchev–Trinajstić information content (AvgIpc) is 3.22. The number of pyridine rings is 1. The maximum Gasteiger partial charge on any atom is 0.408 e. The van der Waals surface area contributed by atoms with Crippen molar-refractivity contribution >= 4 is 28.2 Å². The van der Waals surface area contributed by atoms with E-state index in [-0.39, 0.29) is 6.04 Å². The van der Waals surface area contributed by atoms with Crippen LogP contribution in [0.1, 0.15) is 44.9 Å². The number of ether oxygens (including phenoxy) is 1. The standard InChI is InChI=1S/C23H26N4O3/c1-13-9-17(14(2)26-22(28)30-23(3,4)5)20-18(10-13)19-21(29-20)16(7-8-24-19)15-11-25-27(6)12-15/h7-12,14H,1-6H3,(H,26,28)/t14-/m1/s1. The number of benzene rings is 1. The summed E-state index contributed by atoms with van der Waals surface area (Å²) in [5.74, 6) is 0. The molecule has 7 nitrogen and oxygen atoms in total. The molecule has 1 amide bonds. The van der Waals surface area contributed by atoms with Crippen molar-refractivity contribution in [3.05, 3.63) is 47.9 Å². The molecule has 0 radical (unpaired) electrons. The van der Waals surface area contributed by atoms with E-state index in [9.17, 15) is 4.79 Å². The molecule has 0 bridgehead atoms. The third kappa shape index (κ3) is 3.75. The van der Waals surface area contributed by atoms with Gasteiger partial charge in [-0.25, -0.2) is 4.79 Å². The second-order valence-corrected chi connectivity index (χ2v) is 8.64. The first kappa shape index (κ1) is 19.9. The highest BCUT2D eigenvalue weighted by atomic mass is 16.6. The smallest absolute Gasteiger partial charge is 0.408 e. The predicted molar refractivity (Wildman–Crippen MR) is 116 cm³/mol. The Morgan fingerprint density at radius 2 is 2.03 bits per heavy atom. The van der Waals surface area contributed by atoms with Gasteiger partial charge < -0.3 is 14.5 Å². The molecular weight excluding hydrogens is 380 g/mol. The second kappa shape index (κ2) is 7.16. The van der Waals surface area contributed by atoms with Crippen LogP contribution in [0.25, 0.3) is 33.2 Å². The molecule has 7 heteroatoms. The van der Waals surface area contributed by atoms with E-state index < -0.39 is 11.7 Å². The van der Waals surface area contributed by atoms with Gasteiger partial charge in [-0.1, -0.05) is 6.07 Å². The van der Waals surface area contributed by atoms with Crippen molar-refractivity contribution in [1.82, 2.24) is 20.1 Å². The Bertz CT molecular complexity index is 1250. The molecule has 30 heavy (non-hydrogen) atoms. The summed E-state index contributed by atoms with van der Waals surface area (Å²) >= 11 is 0. The number of aromatic nitrogens is 3. The minimum atomic E-state index is -0.562. The molecule has 1 N–H and O–H groups in total. The fraction of sp³-hybridized carbons (Fsp3) is 0.348. The molecule has 1 aromatic carbocycles. The normalized spacial score (nSPS) is 13.0. The van der Waals surface area contributed by atoms with Crippen LogP contribution in [-0.4, -0.2) is 26.5 Å². The van der Waals surface area contributed by atoms with E-state index in [1.807, 2.05) is 60.0 Å². The summed E-state index contributed by atoms with van der Waals surface area (Å²) < 4.78 is 13.5. The van der Waals surface area contributed by atoms with Crippen molar-refractivity contribution in [2.45, 2.75) is 46.3 Å². The quantitative estimate of drug-likeness (QED) is 0.501. The van der Waals surface area contributed by atoms with Crippen LogP contribution in [0.3, 0.4) is 0 Å². The maximum atomic E-state index is 12.3. The Kier molecular flexibility index (Phi) is 4.76. The monoisotopic (exact) mass is 406 g/mol. The van der Waals surface area contributed by atoms with Crippen LogP contribution in [0.2, 0.25) is 0 Å². The number of fused-ring (bicyclic) bond motifs is 3. The molecule has 1 atom stereocenters. The van der Waals surface area contributed by atoms with Gasteiger partial charge in [-0.3, -0.25) is 9.67 Å². The SMILES string of the molecule is Cc1cc([C@@H](C)NC(=O)OC(C)(C)C)c2oc3c(-c4cnn(C)c4)ccnc3c2c1. The Hall–Kier alpha value is -3.35. The zero-order chi connectivity index (χ0) is 21.6. The number of carbonyl (C=O) groups is 1. The molecule has 4 rings (SSSR count). The number of aryl methyl sites for hydroxylation is 2. The summed E-state index contributed by atoms with van der Waals surface area (Å²) in [5.41, 5.74) is 5.48. The van der Waals surface area contributed by atoms with Crippen LogP contribution in [0.4, 0.5) is 4.79 Å². The zero-order valence-corrected chi connectivity index (χ0v) is 18.1. The Balaban J connectivity index is 1.82. The van der Waals surface area contributed by atoms with Crippen LogP contribution in [0.5, 0.6) is 0 Å². The molecule has 0 aliphatic carbocycles. The number of hydrogen-bond donors (Lipinski definition) is 1. The van der Waals surface area contributed by atoms with Crippen molar-refractivity contribution < 1.29 is 13.9 Å². The average molecular weight is 406 g/mol. The Morgan fingerprint density at radius 1 is 1.27 bits per heavy atom. The van der Waals surface area contributed by atoms with Crippen LogP contribution in [0, 0.1) is 6.92 Å². The summed E-state index contributed by atoms with van der Waals surface area (Å²) in [4.78, 5) is 16.9. The Morgan fingerprint density at radius 3 is 2.70 bits per heavy atom. The largest absolute Gasteiger partial charge is 0.453 e. The van der Waals surface area contributed by atoms with E-state index >= 15 is 0 Å². The number of nitrogens with one attached hydrogen (secondary N) is 1. The first-order valence-electron chi connectivity index (χ1n) is 9.92. The van der Waals surface area contributed by atoms with E-state index in [4.69, 9.17) is 9.15 Å². The summed E-state index contributed by atoms with van der Waals surface area (Å²) in [6.07, 6.45) is 5.07. The highest BCUT2D eigenvalue weighted by molar-refractivity contribution is 6.08. The van der Waals surface area contributed by atoms with E-state index in [0.29, 0.717) is 11.2 Å². The molecule has 3 heterocycles. The zero-order valence-electron chi connectivity index (χ0n) is 18.1. The highest BCUT2D eigenvalue weighted by Crippen LogP contribution is 2.37. The number of hydrogen-bond acceptors (Lipinski definition) is 5. The lowest BCUT2D eigenvalue weighted by atomic mass is 10.0. The van der Waals surface area contributed by atoms with Crippen LogP contribution >= 0.6 is 0 Å². The van der Waals surface area contributed by atoms with Gasteiger partial charge in [-0.05, 0) is 52.3 Å². The predicted octanol–water partition coefficient (Wildman–Crippen LogP) is 5.28. The molecule has 3 aromatic heterocycles. The molecular formula is C23H26N4O3. The fourth-order valence-corrected chi connectivity index (χ4v) is 3.61. The number of nitrogens with zero attached hydrogens (tertiary/aromatic N) is 3. The van der Waals surface area contributed by atoms with Gasteiger partial charge in [0.25, 0.3) is 0 Å². The highest BCUT2D eigenvalue weighted by Gasteiger charge is 2.23. The molecule has 0 spiro atoms. The first-order valence-corrected chi connectivity index (χ1v) is 9.92. The molecule has 0 aliphatic rings. The van der Waals surface area contributed by atoms with Gasteiger partial charge in [0.2, 0.25) is 0 Å². The molecule has 4 aromatic rings. The van der Waals surface area contributed by atoms with Gasteiger partial charge in [0.15, 0.2) is 5.58 Å². The lowest BCUT2D eigenvalue weighted by molar-refractivity contribution is 0.0508. The number of amides is 1. The third-order valence-electron chi connectivity index (χ3n) is 4.84. The minimum Gasteiger partial charge on any atom is -0.453 e. The number of alkyl carbamates (subject to hydrolysis) is 1. The molecule has 0 aliphatic heterocycles. The van der Waals surface area contributed by atoms with E-state index in [2.05, 4.69) is 21.5 Å². The fourth-order valence-electron chi connectivity index (χ4n) is 3.61. The van der Waals surface area contributed by atoms with Crippen molar-refractivity contribution in [2.24, 2.45) is 7.05 Å². The number of carbonyl (C=O) groups excluding carboxylic acids is 1. The topological polar surface area (TPSA) is 82.2 Å². The Labute approximate surface area is 175 Å². The summed E-state index contributed by atoms with van der Waals surface area (Å²) in [5, 5.41) is 8.10. The number of rotatable bonds is 3. The molecule has 0 saturated carbocycles. The van der Waals surface area contributed by atoms with Crippen LogP contribution in [0.15, 0.2) is 41.2 Å². The minimum absolute atomic E-state index is 0.301. The molecule has 0 fully saturated rings. The van der Waals surface area contributed by atoms with Gasteiger partial charge in [-0.2, -0.15) is 5.10 Å². The van der Waals surface area contributed by atoms with Crippen molar-refractivity contribution in [1.29, 1.82) is 0 Å². The molecule has 0 saturated heterocycles. The maximum absolute atomic E-state index is 12.3. The lowest BCUT2D eigenvalue weighted by Crippen LogP contribution is -2.34. The summed E-state index contributed by atoms with van der Waals surface area (Å²) in [7, 11) is 1.88. The van der Waals surface area contributed by atoms with Crippen LogP contribution < -0.4 is 5.32 Å². The molecule has 156 valence electrons. The lowest BCUT2D eigenvalue weighted by Gasteiger charge is -2.22. The summed E-state index contributed by atoms with van der Waals surface area (Å²) in [6.45, 7) is 9.46. The molecule has 0 unspecified atom stereocenters. The van der Waals surface area contributed by atoms with E-state index in [0.717, 1.165) is 33.2 Å². The van der Waals surface area contributed by atoms with Gasteiger partial charge in [0.1, 0.15) is 16.7 Å². The van der Waals surface area contributed by atoms with E-state index in [1.54, 1.807) is 17.1 Å². The first-order chi connectivity index (χ1) is 14.1. The van der Waals surface area contributed by atoms with E-state index in [1.165, 1.54) is 0 Å². The van der Waals surface area contributed by atoms with Crippen molar-refractivity contribution in [3.63, 3.8) is 0 Å². The van der Waals surface area contributed by atoms with Gasteiger partial charge in [0, 0.05) is 41.5 Å². The van der Waals surface area contributed by atoms with Crippen molar-refractivity contribution in [2.75, 3.05) is 0 Å². The van der Waals surface area contributed by atoms with Crippen molar-refractivity contribution in [3.8, 4) is 11.1 Å². The van der Waals surface area contributed by atoms with Gasteiger partial charge >= 0.3 is 6.09 Å². The number of furan rings is 1. The van der Waals surface area contributed by atoms with Gasteiger partial charge in [-0.15, -0.1) is 0 Å². The summed E-state index contributed by atoms with van der Waals surface area (Å²) in [6, 6.07) is 5.71. The third-order valence-corrected chi connectivity index (χ3v) is 4.84. The van der Waals surface area contributed by atoms with Gasteiger partial charge in [0.05, 0.1) is 12.2 Å².